The minimum atomic E-state index is 0.244. The first-order valence-corrected chi connectivity index (χ1v) is 2.78. The van der Waals surface area contributed by atoms with Gasteiger partial charge in [0.1, 0.15) is 0 Å². The Labute approximate surface area is 50.3 Å². The third-order valence-electron chi connectivity index (χ3n) is 0.765. The maximum atomic E-state index is 8.29. The van der Waals surface area contributed by atoms with Crippen molar-refractivity contribution in [1.29, 1.82) is 0 Å². The van der Waals surface area contributed by atoms with E-state index in [9.17, 15) is 0 Å². The Morgan fingerprint density at radius 2 is 2.12 bits per heavy atom. The summed E-state index contributed by atoms with van der Waals surface area (Å²) in [6, 6.07) is 0. The summed E-state index contributed by atoms with van der Waals surface area (Å²) in [5.41, 5.74) is 0. The molecule has 46 valence electrons. The summed E-state index contributed by atoms with van der Waals surface area (Å²) >= 11 is 0. The molecule has 1 heteroatoms. The lowest BCUT2D eigenvalue weighted by atomic mass is 10.3. The van der Waals surface area contributed by atoms with E-state index in [0.29, 0.717) is 0 Å². The Kier molecular flexibility index (Phi) is 5.99. The third-order valence-corrected chi connectivity index (χ3v) is 0.765. The lowest BCUT2D eigenvalue weighted by Gasteiger charge is -1.80. The molecule has 0 aromatic carbocycles. The highest BCUT2D eigenvalue weighted by Crippen LogP contribution is 1.85. The van der Waals surface area contributed by atoms with Gasteiger partial charge in [-0.1, -0.05) is 18.2 Å². The van der Waals surface area contributed by atoms with E-state index in [1.165, 1.54) is 0 Å². The van der Waals surface area contributed by atoms with E-state index >= 15 is 0 Å². The highest BCUT2D eigenvalue weighted by Gasteiger charge is 1.70. The molecule has 0 radical (unpaired) electrons. The molecule has 1 N–H and O–H groups in total. The van der Waals surface area contributed by atoms with Crippen molar-refractivity contribution in [3.63, 3.8) is 0 Å². The highest BCUT2D eigenvalue weighted by molar-refractivity contribution is 4.87. The van der Waals surface area contributed by atoms with Crippen LogP contribution in [0, 0.1) is 0 Å². The van der Waals surface area contributed by atoms with Crippen LogP contribution in [-0.2, 0) is 0 Å². The minimum Gasteiger partial charge on any atom is -0.396 e. The molecule has 1 nitrogen and oxygen atoms in total. The smallest absolute Gasteiger partial charge is 0.0465 e. The van der Waals surface area contributed by atoms with E-state index in [4.69, 9.17) is 5.11 Å². The van der Waals surface area contributed by atoms with Crippen LogP contribution >= 0.6 is 0 Å². The molecule has 0 saturated carbocycles. The van der Waals surface area contributed by atoms with Gasteiger partial charge in [0, 0.05) is 6.61 Å². The zero-order valence-electron chi connectivity index (χ0n) is 5.01. The van der Waals surface area contributed by atoms with Gasteiger partial charge in [-0.2, -0.15) is 0 Å². The van der Waals surface area contributed by atoms with E-state index in [1.807, 2.05) is 18.2 Å². The molecule has 0 amide bonds. The quantitative estimate of drug-likeness (QED) is 0.546. The van der Waals surface area contributed by atoms with Gasteiger partial charge in [-0.15, -0.1) is 6.58 Å². The van der Waals surface area contributed by atoms with E-state index in [-0.39, 0.29) is 6.61 Å². The standard InChI is InChI=1S/C7H12O/c1-2-3-4-5-6-7-8/h2,4-5,8H,1,3,6-7H2/b5-4+. The van der Waals surface area contributed by atoms with Crippen molar-refractivity contribution in [3.05, 3.63) is 24.8 Å². The summed E-state index contributed by atoms with van der Waals surface area (Å²) in [6.07, 6.45) is 7.42. The normalized spacial score (nSPS) is 10.1. The van der Waals surface area contributed by atoms with Crippen molar-refractivity contribution < 1.29 is 5.11 Å². The molecule has 0 rings (SSSR count). The molecular formula is C7H12O. The summed E-state index contributed by atoms with van der Waals surface area (Å²) in [4.78, 5) is 0. The average Bonchev–Trinajstić information content (AvgIpc) is 1.81. The lowest BCUT2D eigenvalue weighted by molar-refractivity contribution is 0.302. The predicted octanol–water partition coefficient (Wildman–Crippen LogP) is 1.50. The zero-order chi connectivity index (χ0) is 6.24. The molecule has 0 heterocycles. The SMILES string of the molecule is C=CC/C=C/CCO. The molecule has 0 bridgehead atoms. The van der Waals surface area contributed by atoms with Gasteiger partial charge >= 0.3 is 0 Å². The van der Waals surface area contributed by atoms with Crippen molar-refractivity contribution >= 4 is 0 Å². The summed E-state index contributed by atoms with van der Waals surface area (Å²) in [7, 11) is 0. The molecule has 0 aliphatic rings. The van der Waals surface area contributed by atoms with E-state index in [1.54, 1.807) is 0 Å². The second-order valence-electron chi connectivity index (χ2n) is 1.51. The van der Waals surface area contributed by atoms with Crippen LogP contribution in [0.3, 0.4) is 0 Å². The van der Waals surface area contributed by atoms with Crippen LogP contribution in [0.5, 0.6) is 0 Å². The van der Waals surface area contributed by atoms with Crippen molar-refractivity contribution in [1.82, 2.24) is 0 Å². The van der Waals surface area contributed by atoms with Crippen LogP contribution < -0.4 is 0 Å². The fraction of sp³-hybridized carbons (Fsp3) is 0.429. The fourth-order valence-electron chi connectivity index (χ4n) is 0.385. The van der Waals surface area contributed by atoms with Gasteiger partial charge in [-0.3, -0.25) is 0 Å². The van der Waals surface area contributed by atoms with Gasteiger partial charge in [0.25, 0.3) is 0 Å². The molecule has 0 fully saturated rings. The molecule has 0 spiro atoms. The van der Waals surface area contributed by atoms with Gasteiger partial charge in [-0.25, -0.2) is 0 Å². The summed E-state index contributed by atoms with van der Waals surface area (Å²) < 4.78 is 0. The number of aliphatic hydroxyl groups excluding tert-OH is 1. The highest BCUT2D eigenvalue weighted by atomic mass is 16.2. The maximum absolute atomic E-state index is 8.29. The Balaban J connectivity index is 2.94. The van der Waals surface area contributed by atoms with Crippen LogP contribution in [0.4, 0.5) is 0 Å². The van der Waals surface area contributed by atoms with Gasteiger partial charge in [0.15, 0.2) is 0 Å². The molecule has 0 aliphatic heterocycles. The Bertz CT molecular complexity index is 74.5. The second-order valence-corrected chi connectivity index (χ2v) is 1.51. The molecule has 0 saturated heterocycles. The first kappa shape index (κ1) is 7.44. The van der Waals surface area contributed by atoms with E-state index in [2.05, 4.69) is 6.58 Å². The molecular weight excluding hydrogens is 100 g/mol. The topological polar surface area (TPSA) is 20.2 Å². The molecule has 0 unspecified atom stereocenters. The Morgan fingerprint density at radius 3 is 2.62 bits per heavy atom. The largest absolute Gasteiger partial charge is 0.396 e. The number of aliphatic hydroxyl groups is 1. The number of rotatable bonds is 4. The molecule has 0 aromatic rings. The van der Waals surface area contributed by atoms with Crippen molar-refractivity contribution in [2.24, 2.45) is 0 Å². The average molecular weight is 112 g/mol. The molecule has 8 heavy (non-hydrogen) atoms. The summed E-state index contributed by atoms with van der Waals surface area (Å²) in [5.74, 6) is 0. The summed E-state index contributed by atoms with van der Waals surface area (Å²) in [5, 5.41) is 8.29. The van der Waals surface area contributed by atoms with Crippen molar-refractivity contribution in [2.45, 2.75) is 12.8 Å². The van der Waals surface area contributed by atoms with E-state index in [0.717, 1.165) is 12.8 Å². The van der Waals surface area contributed by atoms with Gasteiger partial charge in [-0.05, 0) is 12.8 Å². The number of allylic oxidation sites excluding steroid dienone is 2. The van der Waals surface area contributed by atoms with Crippen molar-refractivity contribution in [3.8, 4) is 0 Å². The lowest BCUT2D eigenvalue weighted by Crippen LogP contribution is -1.74. The zero-order valence-corrected chi connectivity index (χ0v) is 5.01. The number of hydrogen-bond donors (Lipinski definition) is 1. The van der Waals surface area contributed by atoms with E-state index < -0.39 is 0 Å². The number of hydrogen-bond acceptors (Lipinski definition) is 1. The van der Waals surface area contributed by atoms with Gasteiger partial charge < -0.3 is 5.11 Å². The molecule has 0 aliphatic carbocycles. The predicted molar refractivity (Wildman–Crippen MR) is 35.7 cm³/mol. The van der Waals surface area contributed by atoms with Crippen LogP contribution in [0.2, 0.25) is 0 Å². The Hall–Kier alpha value is -0.560. The molecule has 0 atom stereocenters. The van der Waals surface area contributed by atoms with Crippen LogP contribution in [0.15, 0.2) is 24.8 Å². The minimum absolute atomic E-state index is 0.244. The fourth-order valence-corrected chi connectivity index (χ4v) is 0.385. The third kappa shape index (κ3) is 5.44. The first-order valence-electron chi connectivity index (χ1n) is 2.78. The van der Waals surface area contributed by atoms with Gasteiger partial charge in [0.2, 0.25) is 0 Å². The first-order chi connectivity index (χ1) is 3.91. The van der Waals surface area contributed by atoms with Crippen LogP contribution in [-0.4, -0.2) is 11.7 Å². The van der Waals surface area contributed by atoms with Crippen molar-refractivity contribution in [2.75, 3.05) is 6.61 Å². The monoisotopic (exact) mass is 112 g/mol. The maximum Gasteiger partial charge on any atom is 0.0465 e. The summed E-state index contributed by atoms with van der Waals surface area (Å²) in [6.45, 7) is 3.79. The van der Waals surface area contributed by atoms with Crippen LogP contribution in [0.25, 0.3) is 0 Å². The van der Waals surface area contributed by atoms with Gasteiger partial charge in [0.05, 0.1) is 0 Å². The Morgan fingerprint density at radius 1 is 1.38 bits per heavy atom. The van der Waals surface area contributed by atoms with Crippen LogP contribution in [0.1, 0.15) is 12.8 Å². The second kappa shape index (κ2) is 6.44. The molecule has 0 aromatic heterocycles.